The van der Waals surface area contributed by atoms with Crippen LogP contribution in [-0.4, -0.2) is 51.7 Å². The number of aromatic nitrogens is 3. The van der Waals surface area contributed by atoms with Crippen molar-refractivity contribution in [3.63, 3.8) is 0 Å². The predicted molar refractivity (Wildman–Crippen MR) is 111 cm³/mol. The third-order valence-electron chi connectivity index (χ3n) is 6.19. The molecule has 0 spiro atoms. The number of hydrogen-bond acceptors (Lipinski definition) is 6. The summed E-state index contributed by atoms with van der Waals surface area (Å²) in [5, 5.41) is 11.3. The van der Waals surface area contributed by atoms with Crippen LogP contribution < -0.4 is 10.1 Å². The quantitative estimate of drug-likeness (QED) is 0.694. The number of amides is 2. The van der Waals surface area contributed by atoms with Gasteiger partial charge in [-0.15, -0.1) is 10.2 Å². The van der Waals surface area contributed by atoms with Crippen LogP contribution in [0.3, 0.4) is 0 Å². The molecule has 2 atom stereocenters. The van der Waals surface area contributed by atoms with Crippen LogP contribution in [0.25, 0.3) is 0 Å². The first kappa shape index (κ1) is 19.3. The molecule has 2 aliphatic rings. The second kappa shape index (κ2) is 7.57. The van der Waals surface area contributed by atoms with Crippen LogP contribution in [0.15, 0.2) is 41.0 Å². The van der Waals surface area contributed by atoms with E-state index in [4.69, 9.17) is 9.15 Å². The first-order valence-electron chi connectivity index (χ1n) is 10.2. The van der Waals surface area contributed by atoms with Gasteiger partial charge in [-0.2, -0.15) is 0 Å². The number of likely N-dealkylation sites (tertiary alicyclic amines) is 1. The summed E-state index contributed by atoms with van der Waals surface area (Å²) in [5.41, 5.74) is 1.27. The average Bonchev–Trinajstić information content (AvgIpc) is 3.49. The Kier molecular flexibility index (Phi) is 4.72. The van der Waals surface area contributed by atoms with Crippen LogP contribution in [0.5, 0.6) is 5.75 Å². The molecular formula is C22H23N5O4. The third-order valence-corrected chi connectivity index (χ3v) is 6.19. The van der Waals surface area contributed by atoms with E-state index in [1.54, 1.807) is 50.6 Å². The number of benzene rings is 1. The summed E-state index contributed by atoms with van der Waals surface area (Å²) >= 11 is 0. The van der Waals surface area contributed by atoms with Crippen molar-refractivity contribution >= 4 is 17.5 Å². The number of furan rings is 1. The van der Waals surface area contributed by atoms with Gasteiger partial charge in [-0.25, -0.2) is 0 Å². The van der Waals surface area contributed by atoms with Gasteiger partial charge >= 0.3 is 0 Å². The molecule has 0 bridgehead atoms. The summed E-state index contributed by atoms with van der Waals surface area (Å²) in [5.74, 6) is 2.69. The number of nitrogens with one attached hydrogen (secondary N) is 1. The summed E-state index contributed by atoms with van der Waals surface area (Å²) in [4.78, 5) is 27.6. The monoisotopic (exact) mass is 421 g/mol. The molecule has 160 valence electrons. The Morgan fingerprint density at radius 3 is 2.58 bits per heavy atom. The van der Waals surface area contributed by atoms with E-state index in [0.29, 0.717) is 54.8 Å². The summed E-state index contributed by atoms with van der Waals surface area (Å²) in [6.45, 7) is 3.73. The van der Waals surface area contributed by atoms with Crippen molar-refractivity contribution in [2.24, 2.45) is 11.8 Å². The Morgan fingerprint density at radius 2 is 1.87 bits per heavy atom. The van der Waals surface area contributed by atoms with Crippen LogP contribution >= 0.6 is 0 Å². The highest BCUT2D eigenvalue weighted by atomic mass is 16.5. The summed E-state index contributed by atoms with van der Waals surface area (Å²) in [6.07, 6.45) is 2.24. The number of rotatable bonds is 4. The van der Waals surface area contributed by atoms with E-state index in [0.717, 1.165) is 11.6 Å². The van der Waals surface area contributed by atoms with E-state index in [-0.39, 0.29) is 17.7 Å². The van der Waals surface area contributed by atoms with Gasteiger partial charge < -0.3 is 23.9 Å². The molecule has 9 nitrogen and oxygen atoms in total. The number of methoxy groups -OCH3 is 1. The SMILES string of the molecule is COc1ccc(NC(=O)c2nnc3n2C[C@@H]2CN(C(=O)c4ccoc4C)C[C@@H]2C3)cc1. The summed E-state index contributed by atoms with van der Waals surface area (Å²) < 4.78 is 12.3. The number of hydrogen-bond donors (Lipinski definition) is 1. The van der Waals surface area contributed by atoms with Crippen LogP contribution in [0.1, 0.15) is 32.6 Å². The second-order valence-corrected chi connectivity index (χ2v) is 8.06. The largest absolute Gasteiger partial charge is 0.497 e. The Labute approximate surface area is 179 Å². The molecule has 2 aliphatic heterocycles. The lowest BCUT2D eigenvalue weighted by molar-refractivity contribution is 0.0781. The number of aryl methyl sites for hydroxylation is 1. The highest BCUT2D eigenvalue weighted by Crippen LogP contribution is 2.33. The molecule has 2 aromatic heterocycles. The van der Waals surface area contributed by atoms with E-state index in [1.807, 2.05) is 9.47 Å². The number of carbonyl (C=O) groups is 2. The van der Waals surface area contributed by atoms with Gasteiger partial charge in [-0.1, -0.05) is 0 Å². The van der Waals surface area contributed by atoms with Gasteiger partial charge in [0.25, 0.3) is 11.8 Å². The fraction of sp³-hybridized carbons (Fsp3) is 0.364. The van der Waals surface area contributed by atoms with Crippen LogP contribution in [0.4, 0.5) is 5.69 Å². The van der Waals surface area contributed by atoms with Crippen molar-refractivity contribution in [1.29, 1.82) is 0 Å². The molecule has 0 saturated carbocycles. The highest BCUT2D eigenvalue weighted by molar-refractivity contribution is 6.01. The zero-order valence-corrected chi connectivity index (χ0v) is 17.4. The van der Waals surface area contributed by atoms with Crippen molar-refractivity contribution < 1.29 is 18.7 Å². The maximum Gasteiger partial charge on any atom is 0.293 e. The van der Waals surface area contributed by atoms with E-state index in [9.17, 15) is 9.59 Å². The first-order chi connectivity index (χ1) is 15.0. The Morgan fingerprint density at radius 1 is 1.10 bits per heavy atom. The van der Waals surface area contributed by atoms with Gasteiger partial charge in [-0.05, 0) is 49.1 Å². The van der Waals surface area contributed by atoms with E-state index in [1.165, 1.54) is 0 Å². The maximum absolute atomic E-state index is 12.9. The number of carbonyl (C=O) groups excluding carboxylic acids is 2. The lowest BCUT2D eigenvalue weighted by atomic mass is 9.89. The molecule has 2 amide bonds. The fourth-order valence-electron chi connectivity index (χ4n) is 4.50. The molecular weight excluding hydrogens is 398 g/mol. The first-order valence-corrected chi connectivity index (χ1v) is 10.2. The number of nitrogens with zero attached hydrogens (tertiary/aromatic N) is 4. The predicted octanol–water partition coefficient (Wildman–Crippen LogP) is 2.38. The van der Waals surface area contributed by atoms with Crippen LogP contribution in [0.2, 0.25) is 0 Å². The molecule has 5 rings (SSSR count). The number of ether oxygens (including phenoxy) is 1. The molecule has 1 saturated heterocycles. The van der Waals surface area contributed by atoms with E-state index >= 15 is 0 Å². The topological polar surface area (TPSA) is 102 Å². The van der Waals surface area contributed by atoms with Gasteiger partial charge in [0, 0.05) is 31.7 Å². The lowest BCUT2D eigenvalue weighted by Gasteiger charge is -2.25. The minimum absolute atomic E-state index is 0.00566. The van der Waals surface area contributed by atoms with E-state index in [2.05, 4.69) is 15.5 Å². The molecule has 0 aliphatic carbocycles. The van der Waals surface area contributed by atoms with E-state index < -0.39 is 0 Å². The molecule has 3 aromatic rings. The number of anilines is 1. The Hall–Kier alpha value is -3.62. The minimum Gasteiger partial charge on any atom is -0.497 e. The molecule has 9 heteroatoms. The van der Waals surface area contributed by atoms with Crippen molar-refractivity contribution in [3.8, 4) is 5.75 Å². The van der Waals surface area contributed by atoms with Gasteiger partial charge in [0.15, 0.2) is 0 Å². The van der Waals surface area contributed by atoms with Crippen molar-refractivity contribution in [2.75, 3.05) is 25.5 Å². The molecule has 1 fully saturated rings. The van der Waals surface area contributed by atoms with Gasteiger partial charge in [0.05, 0.1) is 18.9 Å². The highest BCUT2D eigenvalue weighted by Gasteiger charge is 2.41. The third kappa shape index (κ3) is 3.45. The maximum atomic E-state index is 12.9. The zero-order chi connectivity index (χ0) is 21.5. The standard InChI is InChI=1S/C22H23N5O4/c1-13-18(7-8-31-13)22(29)26-10-14-9-19-24-25-20(27(19)12-15(14)11-26)21(28)23-16-3-5-17(30-2)6-4-16/h3-8,14-15H,9-12H2,1-2H3,(H,23,28)/t14-,15-/m0/s1. The molecule has 1 aromatic carbocycles. The molecule has 4 heterocycles. The average molecular weight is 421 g/mol. The van der Waals surface area contributed by atoms with Crippen molar-refractivity contribution in [1.82, 2.24) is 19.7 Å². The smallest absolute Gasteiger partial charge is 0.293 e. The van der Waals surface area contributed by atoms with Gasteiger partial charge in [0.2, 0.25) is 5.82 Å². The summed E-state index contributed by atoms with van der Waals surface area (Å²) in [6, 6.07) is 8.84. The molecule has 31 heavy (non-hydrogen) atoms. The second-order valence-electron chi connectivity index (χ2n) is 8.06. The molecule has 0 unspecified atom stereocenters. The van der Waals surface area contributed by atoms with Gasteiger partial charge in [-0.3, -0.25) is 9.59 Å². The normalized spacial score (nSPS) is 19.6. The van der Waals surface area contributed by atoms with Crippen molar-refractivity contribution in [3.05, 3.63) is 59.6 Å². The zero-order valence-electron chi connectivity index (χ0n) is 17.4. The minimum atomic E-state index is -0.303. The molecule has 0 radical (unpaired) electrons. The van der Waals surface area contributed by atoms with Crippen LogP contribution in [-0.2, 0) is 13.0 Å². The fourth-order valence-corrected chi connectivity index (χ4v) is 4.50. The Balaban J connectivity index is 1.29. The van der Waals surface area contributed by atoms with Gasteiger partial charge in [0.1, 0.15) is 17.3 Å². The number of fused-ring (bicyclic) bond motifs is 2. The lowest BCUT2D eigenvalue weighted by Crippen LogP contribution is -2.31. The van der Waals surface area contributed by atoms with Crippen molar-refractivity contribution in [2.45, 2.75) is 19.9 Å². The molecule has 1 N–H and O–H groups in total. The summed E-state index contributed by atoms with van der Waals surface area (Å²) in [7, 11) is 1.59. The van der Waals surface area contributed by atoms with Crippen LogP contribution in [0, 0.1) is 18.8 Å². The Bertz CT molecular complexity index is 1130.